The van der Waals surface area contributed by atoms with Gasteiger partial charge in [0.05, 0.1) is 13.2 Å². The van der Waals surface area contributed by atoms with Crippen molar-refractivity contribution in [3.63, 3.8) is 0 Å². The van der Waals surface area contributed by atoms with Crippen molar-refractivity contribution in [2.24, 2.45) is 0 Å². The lowest BCUT2D eigenvalue weighted by atomic mass is 10.2. The summed E-state index contributed by atoms with van der Waals surface area (Å²) in [6, 6.07) is 4.83. The molecule has 1 N–H and O–H groups in total. The molecule has 1 aromatic carbocycles. The number of halogens is 4. The standard InChI is InChI=1S/C11H11Br2F2NO2/c12-8-3-7(4-9(13)5-8)11(18)16(1-2-17)6-10(14)15/h3-5,10,17H,1-2,6H2. The fraction of sp³-hybridized carbons (Fsp3) is 0.364. The van der Waals surface area contributed by atoms with Gasteiger partial charge in [0.15, 0.2) is 0 Å². The Morgan fingerprint density at radius 3 is 2.28 bits per heavy atom. The number of hydrogen-bond donors (Lipinski definition) is 1. The summed E-state index contributed by atoms with van der Waals surface area (Å²) >= 11 is 6.44. The number of amides is 1. The summed E-state index contributed by atoms with van der Waals surface area (Å²) in [4.78, 5) is 12.9. The van der Waals surface area contributed by atoms with Crippen LogP contribution in [0.25, 0.3) is 0 Å². The number of benzene rings is 1. The first-order valence-corrected chi connectivity index (χ1v) is 6.67. The molecule has 1 aromatic rings. The average molecular weight is 387 g/mol. The van der Waals surface area contributed by atoms with E-state index >= 15 is 0 Å². The molecule has 0 fully saturated rings. The van der Waals surface area contributed by atoms with Crippen LogP contribution in [0.15, 0.2) is 27.1 Å². The average Bonchev–Trinajstić information content (AvgIpc) is 2.25. The zero-order valence-corrected chi connectivity index (χ0v) is 12.4. The van der Waals surface area contributed by atoms with Crippen molar-refractivity contribution in [2.45, 2.75) is 6.43 Å². The summed E-state index contributed by atoms with van der Waals surface area (Å²) in [5.41, 5.74) is 0.283. The van der Waals surface area contributed by atoms with E-state index in [1.54, 1.807) is 18.2 Å². The van der Waals surface area contributed by atoms with E-state index in [0.29, 0.717) is 8.95 Å². The summed E-state index contributed by atoms with van der Waals surface area (Å²) < 4.78 is 26.0. The zero-order valence-electron chi connectivity index (χ0n) is 9.25. The van der Waals surface area contributed by atoms with Gasteiger partial charge >= 0.3 is 0 Å². The maximum absolute atomic E-state index is 12.3. The minimum atomic E-state index is -2.63. The van der Waals surface area contributed by atoms with Crippen molar-refractivity contribution >= 4 is 37.8 Å². The van der Waals surface area contributed by atoms with Crippen LogP contribution in [-0.2, 0) is 0 Å². The molecule has 0 bridgehead atoms. The Hall–Kier alpha value is -0.530. The first-order valence-electron chi connectivity index (χ1n) is 5.08. The lowest BCUT2D eigenvalue weighted by Gasteiger charge is -2.21. The number of aliphatic hydroxyl groups excluding tert-OH is 1. The van der Waals surface area contributed by atoms with E-state index in [4.69, 9.17) is 5.11 Å². The quantitative estimate of drug-likeness (QED) is 0.845. The first-order chi connectivity index (χ1) is 8.43. The Morgan fingerprint density at radius 2 is 1.83 bits per heavy atom. The van der Waals surface area contributed by atoms with Crippen molar-refractivity contribution < 1.29 is 18.7 Å². The molecule has 1 rings (SSSR count). The number of hydrogen-bond acceptors (Lipinski definition) is 2. The van der Waals surface area contributed by atoms with Crippen molar-refractivity contribution in [2.75, 3.05) is 19.7 Å². The Balaban J connectivity index is 2.93. The van der Waals surface area contributed by atoms with E-state index in [2.05, 4.69) is 31.9 Å². The van der Waals surface area contributed by atoms with Crippen LogP contribution in [0.5, 0.6) is 0 Å². The summed E-state index contributed by atoms with van der Waals surface area (Å²) in [6.45, 7) is -1.16. The molecule has 0 spiro atoms. The molecule has 100 valence electrons. The number of carbonyl (C=O) groups excluding carboxylic acids is 1. The smallest absolute Gasteiger partial charge is 0.255 e. The molecule has 0 atom stereocenters. The monoisotopic (exact) mass is 385 g/mol. The van der Waals surface area contributed by atoms with Gasteiger partial charge in [-0.1, -0.05) is 31.9 Å². The lowest BCUT2D eigenvalue weighted by molar-refractivity contribution is 0.0509. The fourth-order valence-corrected chi connectivity index (χ4v) is 2.72. The predicted octanol–water partition coefficient (Wildman–Crippen LogP) is 2.91. The number of rotatable bonds is 5. The highest BCUT2D eigenvalue weighted by atomic mass is 79.9. The highest BCUT2D eigenvalue weighted by Gasteiger charge is 2.19. The van der Waals surface area contributed by atoms with Gasteiger partial charge in [0.25, 0.3) is 12.3 Å². The minimum absolute atomic E-state index is 0.118. The van der Waals surface area contributed by atoms with Gasteiger partial charge in [-0.25, -0.2) is 8.78 Å². The van der Waals surface area contributed by atoms with Crippen LogP contribution in [0.2, 0.25) is 0 Å². The summed E-state index contributed by atoms with van der Waals surface area (Å²) in [6.07, 6.45) is -2.63. The second-order valence-corrected chi connectivity index (χ2v) is 5.36. The van der Waals surface area contributed by atoms with Crippen LogP contribution >= 0.6 is 31.9 Å². The van der Waals surface area contributed by atoms with E-state index < -0.39 is 18.9 Å². The third kappa shape index (κ3) is 4.62. The molecule has 0 radical (unpaired) electrons. The third-order valence-corrected chi connectivity index (χ3v) is 3.04. The molecule has 0 unspecified atom stereocenters. The molecule has 0 aliphatic heterocycles. The maximum atomic E-state index is 12.3. The molecule has 0 aliphatic carbocycles. The highest BCUT2D eigenvalue weighted by molar-refractivity contribution is 9.11. The predicted molar refractivity (Wildman–Crippen MR) is 70.8 cm³/mol. The van der Waals surface area contributed by atoms with Crippen molar-refractivity contribution in [3.8, 4) is 0 Å². The molecule has 1 amide bonds. The van der Waals surface area contributed by atoms with E-state index in [1.807, 2.05) is 0 Å². The van der Waals surface area contributed by atoms with Gasteiger partial charge in [0.1, 0.15) is 0 Å². The van der Waals surface area contributed by atoms with Crippen LogP contribution in [0.3, 0.4) is 0 Å². The Bertz CT molecular complexity index is 409. The second-order valence-electron chi connectivity index (χ2n) is 3.52. The molecule has 0 saturated carbocycles. The number of nitrogens with zero attached hydrogens (tertiary/aromatic N) is 1. The molecular formula is C11H11Br2F2NO2. The van der Waals surface area contributed by atoms with Gasteiger partial charge in [0, 0.05) is 21.1 Å². The maximum Gasteiger partial charge on any atom is 0.255 e. The molecular weight excluding hydrogens is 376 g/mol. The van der Waals surface area contributed by atoms with E-state index in [9.17, 15) is 13.6 Å². The zero-order chi connectivity index (χ0) is 13.7. The van der Waals surface area contributed by atoms with Crippen LogP contribution in [0.4, 0.5) is 8.78 Å². The lowest BCUT2D eigenvalue weighted by Crippen LogP contribution is -2.37. The van der Waals surface area contributed by atoms with Gasteiger partial charge in [-0.15, -0.1) is 0 Å². The van der Waals surface area contributed by atoms with Gasteiger partial charge in [-0.2, -0.15) is 0 Å². The Labute approximate surface area is 120 Å². The van der Waals surface area contributed by atoms with Gasteiger partial charge in [-0.05, 0) is 18.2 Å². The summed E-state index contributed by atoms with van der Waals surface area (Å²) in [5.74, 6) is -0.536. The first kappa shape index (κ1) is 15.5. The van der Waals surface area contributed by atoms with Gasteiger partial charge in [-0.3, -0.25) is 4.79 Å². The second kappa shape index (κ2) is 7.16. The normalized spacial score (nSPS) is 10.8. The molecule has 0 heterocycles. The molecule has 3 nitrogen and oxygen atoms in total. The molecule has 0 aliphatic rings. The topological polar surface area (TPSA) is 40.5 Å². The molecule has 7 heteroatoms. The largest absolute Gasteiger partial charge is 0.395 e. The highest BCUT2D eigenvalue weighted by Crippen LogP contribution is 2.21. The van der Waals surface area contributed by atoms with Crippen LogP contribution < -0.4 is 0 Å². The fourth-order valence-electron chi connectivity index (χ4n) is 1.42. The SMILES string of the molecule is O=C(c1cc(Br)cc(Br)c1)N(CCO)CC(F)F. The van der Waals surface area contributed by atoms with Crippen molar-refractivity contribution in [1.82, 2.24) is 4.90 Å². The van der Waals surface area contributed by atoms with Crippen LogP contribution in [0.1, 0.15) is 10.4 Å². The Kier molecular flexibility index (Phi) is 6.17. The molecule has 0 aromatic heterocycles. The Morgan fingerprint density at radius 1 is 1.28 bits per heavy atom. The summed E-state index contributed by atoms with van der Waals surface area (Å²) in [5, 5.41) is 8.80. The summed E-state index contributed by atoms with van der Waals surface area (Å²) in [7, 11) is 0. The van der Waals surface area contributed by atoms with E-state index in [0.717, 1.165) is 4.90 Å². The molecule has 18 heavy (non-hydrogen) atoms. The number of alkyl halides is 2. The van der Waals surface area contributed by atoms with Crippen LogP contribution in [0, 0.1) is 0 Å². The molecule has 0 saturated heterocycles. The van der Waals surface area contributed by atoms with Gasteiger partial charge in [0.2, 0.25) is 0 Å². The van der Waals surface area contributed by atoms with Crippen LogP contribution in [-0.4, -0.2) is 42.0 Å². The van der Waals surface area contributed by atoms with Gasteiger partial charge < -0.3 is 10.0 Å². The van der Waals surface area contributed by atoms with E-state index in [1.165, 1.54) is 0 Å². The number of carbonyl (C=O) groups is 1. The van der Waals surface area contributed by atoms with E-state index in [-0.39, 0.29) is 18.7 Å². The number of aliphatic hydroxyl groups is 1. The van der Waals surface area contributed by atoms with Crippen molar-refractivity contribution in [3.05, 3.63) is 32.7 Å². The minimum Gasteiger partial charge on any atom is -0.395 e. The third-order valence-electron chi connectivity index (χ3n) is 2.13. The van der Waals surface area contributed by atoms with Crippen molar-refractivity contribution in [1.29, 1.82) is 0 Å².